The molecule has 1 heterocycles. The van der Waals surface area contributed by atoms with Crippen LogP contribution < -0.4 is 4.74 Å². The topological polar surface area (TPSA) is 77.2 Å². The van der Waals surface area contributed by atoms with E-state index in [2.05, 4.69) is 10.2 Å². The third-order valence-corrected chi connectivity index (χ3v) is 5.71. The van der Waals surface area contributed by atoms with Crippen molar-refractivity contribution in [3.63, 3.8) is 0 Å². The molecule has 0 radical (unpaired) electrons. The molecule has 0 saturated heterocycles. The number of hydrogen-bond acceptors (Lipinski definition) is 5. The van der Waals surface area contributed by atoms with Gasteiger partial charge in [-0.1, -0.05) is 0 Å². The Morgan fingerprint density at radius 2 is 1.84 bits per heavy atom. The van der Waals surface area contributed by atoms with Crippen LogP contribution in [0.3, 0.4) is 0 Å². The molecule has 1 aromatic heterocycles. The fourth-order valence-electron chi connectivity index (χ4n) is 2.98. The largest absolute Gasteiger partial charge is 0.482 e. The smallest absolute Gasteiger partial charge is 0.416 e. The molecular weight excluding hydrogens is 443 g/mol. The number of carbonyl (C=O) groups is 1. The Labute approximate surface area is 187 Å². The number of hydrogen-bond donors (Lipinski definition) is 1. The molecule has 0 aliphatic carbocycles. The molecule has 3 aromatic rings. The molecule has 2 aromatic carbocycles. The van der Waals surface area contributed by atoms with Gasteiger partial charge in [0.05, 0.1) is 22.6 Å². The molecule has 0 aliphatic heterocycles. The maximum absolute atomic E-state index is 12.7. The number of carboxylic acid groups (broad SMARTS) is 1. The van der Waals surface area contributed by atoms with Crippen molar-refractivity contribution in [3.8, 4) is 11.4 Å². The van der Waals surface area contributed by atoms with Gasteiger partial charge in [-0.3, -0.25) is 0 Å². The van der Waals surface area contributed by atoms with Gasteiger partial charge in [0, 0.05) is 4.90 Å². The number of thioether (sulfide) groups is 1. The van der Waals surface area contributed by atoms with Gasteiger partial charge in [0.2, 0.25) is 0 Å². The molecule has 0 fully saturated rings. The minimum Gasteiger partial charge on any atom is -0.482 e. The first-order chi connectivity index (χ1) is 15.1. The van der Waals surface area contributed by atoms with Gasteiger partial charge in [0.25, 0.3) is 0 Å². The van der Waals surface area contributed by atoms with Gasteiger partial charge in [-0.2, -0.15) is 28.2 Å². The summed E-state index contributed by atoms with van der Waals surface area (Å²) in [6.07, 6.45) is -2.84. The molecule has 170 valence electrons. The predicted molar refractivity (Wildman–Crippen MR) is 114 cm³/mol. The fourth-order valence-corrected chi connectivity index (χ4v) is 3.93. The fraction of sp³-hybridized carbons (Fsp3) is 0.318. The van der Waals surface area contributed by atoms with Crippen molar-refractivity contribution < 1.29 is 27.8 Å². The highest BCUT2D eigenvalue weighted by Crippen LogP contribution is 2.30. The van der Waals surface area contributed by atoms with Crippen molar-refractivity contribution in [1.82, 2.24) is 15.0 Å². The van der Waals surface area contributed by atoms with E-state index >= 15 is 0 Å². The number of alkyl halides is 3. The Kier molecular flexibility index (Phi) is 7.44. The van der Waals surface area contributed by atoms with Crippen LogP contribution in [0.15, 0.2) is 47.4 Å². The standard InChI is InChI=1S/C22H22F3N3O3S/c1-14-12-18(9-10-20(14)31-13-21(29)30)32-11-3-4-19-15(2)26-28(27-19)17-7-5-16(6-8-17)22(23,24)25/h5-10,12H,3-4,11,13H2,1-2H3,(H,29,30). The molecule has 10 heteroatoms. The highest BCUT2D eigenvalue weighted by atomic mass is 32.2. The number of nitrogens with zero attached hydrogens (tertiary/aromatic N) is 3. The molecule has 0 aliphatic rings. The van der Waals surface area contributed by atoms with Crippen LogP contribution in [-0.4, -0.2) is 38.4 Å². The first-order valence-electron chi connectivity index (χ1n) is 9.82. The van der Waals surface area contributed by atoms with E-state index in [0.29, 0.717) is 17.9 Å². The van der Waals surface area contributed by atoms with Crippen molar-refractivity contribution >= 4 is 17.7 Å². The molecule has 0 unspecified atom stereocenters. The highest BCUT2D eigenvalue weighted by molar-refractivity contribution is 7.99. The molecule has 0 saturated carbocycles. The van der Waals surface area contributed by atoms with Gasteiger partial charge in [0.1, 0.15) is 5.75 Å². The van der Waals surface area contributed by atoms with E-state index < -0.39 is 17.7 Å². The van der Waals surface area contributed by atoms with Gasteiger partial charge in [-0.25, -0.2) is 4.79 Å². The molecule has 0 bridgehead atoms. The Bertz CT molecular complexity index is 1080. The third kappa shape index (κ3) is 6.25. The quantitative estimate of drug-likeness (QED) is 0.350. The number of aryl methyl sites for hydroxylation is 3. The molecule has 0 spiro atoms. The first kappa shape index (κ1) is 23.6. The van der Waals surface area contributed by atoms with Crippen molar-refractivity contribution in [2.75, 3.05) is 12.4 Å². The van der Waals surface area contributed by atoms with E-state index in [1.54, 1.807) is 17.8 Å². The molecule has 1 N–H and O–H groups in total. The summed E-state index contributed by atoms with van der Waals surface area (Å²) in [5.41, 5.74) is 2.18. The normalized spacial score (nSPS) is 11.5. The zero-order valence-electron chi connectivity index (χ0n) is 17.5. The summed E-state index contributed by atoms with van der Waals surface area (Å²) >= 11 is 1.67. The van der Waals surface area contributed by atoms with Crippen LogP contribution in [0, 0.1) is 13.8 Å². The molecule has 3 rings (SSSR count). The number of ether oxygens (including phenoxy) is 1. The van der Waals surface area contributed by atoms with E-state index in [-0.39, 0.29) is 6.61 Å². The molecule has 32 heavy (non-hydrogen) atoms. The summed E-state index contributed by atoms with van der Waals surface area (Å²) in [7, 11) is 0. The lowest BCUT2D eigenvalue weighted by atomic mass is 10.2. The lowest BCUT2D eigenvalue weighted by Crippen LogP contribution is -2.09. The Hall–Kier alpha value is -3.01. The minimum absolute atomic E-state index is 0.375. The maximum atomic E-state index is 12.7. The molecule has 6 nitrogen and oxygen atoms in total. The summed E-state index contributed by atoms with van der Waals surface area (Å²) < 4.78 is 43.4. The summed E-state index contributed by atoms with van der Waals surface area (Å²) in [4.78, 5) is 13.0. The lowest BCUT2D eigenvalue weighted by molar-refractivity contribution is -0.139. The lowest BCUT2D eigenvalue weighted by Gasteiger charge is -2.09. The van der Waals surface area contributed by atoms with E-state index in [4.69, 9.17) is 9.84 Å². The summed E-state index contributed by atoms with van der Waals surface area (Å²) in [5, 5.41) is 17.5. The van der Waals surface area contributed by atoms with Gasteiger partial charge >= 0.3 is 12.1 Å². The van der Waals surface area contributed by atoms with Gasteiger partial charge in [-0.05, 0) is 80.5 Å². The van der Waals surface area contributed by atoms with Crippen LogP contribution >= 0.6 is 11.8 Å². The molecular formula is C22H22F3N3O3S. The zero-order chi connectivity index (χ0) is 23.3. The molecule has 0 atom stereocenters. The maximum Gasteiger partial charge on any atom is 0.416 e. The van der Waals surface area contributed by atoms with Crippen molar-refractivity contribution in [3.05, 3.63) is 65.0 Å². The summed E-state index contributed by atoms with van der Waals surface area (Å²) in [6, 6.07) is 10.4. The number of rotatable bonds is 9. The minimum atomic E-state index is -4.38. The van der Waals surface area contributed by atoms with Crippen molar-refractivity contribution in [2.24, 2.45) is 0 Å². The van der Waals surface area contributed by atoms with Crippen LogP contribution in [0.4, 0.5) is 13.2 Å². The Morgan fingerprint density at radius 1 is 1.12 bits per heavy atom. The predicted octanol–water partition coefficient (Wildman–Crippen LogP) is 5.09. The number of aliphatic carboxylic acids is 1. The zero-order valence-corrected chi connectivity index (χ0v) is 18.3. The SMILES string of the molecule is Cc1cc(SCCCc2nn(-c3ccc(C(F)(F)F)cc3)nc2C)ccc1OCC(=O)O. The summed E-state index contributed by atoms with van der Waals surface area (Å²) in [6.45, 7) is 3.32. The van der Waals surface area contributed by atoms with Crippen LogP contribution in [0.1, 0.15) is 28.9 Å². The number of aromatic nitrogens is 3. The van der Waals surface area contributed by atoms with Gasteiger partial charge in [0.15, 0.2) is 6.61 Å². The Morgan fingerprint density at radius 3 is 2.47 bits per heavy atom. The van der Waals surface area contributed by atoms with E-state index in [1.165, 1.54) is 16.9 Å². The number of carboxylic acids is 1. The van der Waals surface area contributed by atoms with Gasteiger partial charge < -0.3 is 9.84 Å². The van der Waals surface area contributed by atoms with Crippen molar-refractivity contribution in [2.45, 2.75) is 37.8 Å². The number of benzene rings is 2. The van der Waals surface area contributed by atoms with E-state index in [9.17, 15) is 18.0 Å². The third-order valence-electron chi connectivity index (χ3n) is 4.63. The average molecular weight is 465 g/mol. The second-order valence-corrected chi connectivity index (χ2v) is 8.30. The highest BCUT2D eigenvalue weighted by Gasteiger charge is 2.30. The van der Waals surface area contributed by atoms with Crippen LogP contribution in [0.5, 0.6) is 5.75 Å². The molecule has 0 amide bonds. The van der Waals surface area contributed by atoms with Crippen molar-refractivity contribution in [1.29, 1.82) is 0 Å². The average Bonchev–Trinajstić information content (AvgIpc) is 3.10. The Balaban J connectivity index is 1.53. The van der Waals surface area contributed by atoms with E-state index in [1.807, 2.05) is 26.0 Å². The first-order valence-corrected chi connectivity index (χ1v) is 10.8. The van der Waals surface area contributed by atoms with E-state index in [0.717, 1.165) is 46.2 Å². The van der Waals surface area contributed by atoms with Gasteiger partial charge in [-0.15, -0.1) is 11.8 Å². The second-order valence-electron chi connectivity index (χ2n) is 7.13. The number of halogens is 3. The second kappa shape index (κ2) is 10.1. The monoisotopic (exact) mass is 465 g/mol. The van der Waals surface area contributed by atoms with Crippen LogP contribution in [0.25, 0.3) is 5.69 Å². The van der Waals surface area contributed by atoms with Crippen LogP contribution in [-0.2, 0) is 17.4 Å². The van der Waals surface area contributed by atoms with Crippen LogP contribution in [0.2, 0.25) is 0 Å². The summed E-state index contributed by atoms with van der Waals surface area (Å²) in [5.74, 6) is 0.363.